The zero-order chi connectivity index (χ0) is 21.1. The third kappa shape index (κ3) is 4.21. The lowest BCUT2D eigenvalue weighted by Crippen LogP contribution is -2.15. The summed E-state index contributed by atoms with van der Waals surface area (Å²) in [4.78, 5) is 16.9. The lowest BCUT2D eigenvalue weighted by molar-refractivity contribution is -0.113. The molecule has 30 heavy (non-hydrogen) atoms. The summed E-state index contributed by atoms with van der Waals surface area (Å²) in [6.07, 6.45) is 0. The highest BCUT2D eigenvalue weighted by Gasteiger charge is 2.16. The Morgan fingerprint density at radius 1 is 1.20 bits per heavy atom. The van der Waals surface area contributed by atoms with Gasteiger partial charge in [0, 0.05) is 11.3 Å². The highest BCUT2D eigenvalue weighted by molar-refractivity contribution is 8.00. The van der Waals surface area contributed by atoms with Crippen molar-refractivity contribution in [3.05, 3.63) is 65.5 Å². The molecule has 0 spiro atoms. The predicted octanol–water partition coefficient (Wildman–Crippen LogP) is 4.53. The number of halogens is 1. The summed E-state index contributed by atoms with van der Waals surface area (Å²) in [6, 6.07) is 15.2. The van der Waals surface area contributed by atoms with Crippen molar-refractivity contribution in [1.29, 1.82) is 5.26 Å². The van der Waals surface area contributed by atoms with Crippen LogP contribution in [0.3, 0.4) is 0 Å². The van der Waals surface area contributed by atoms with Crippen LogP contribution in [-0.2, 0) is 4.79 Å². The largest absolute Gasteiger partial charge is 0.454 e. The summed E-state index contributed by atoms with van der Waals surface area (Å²) < 4.78 is 23.9. The Balaban J connectivity index is 1.50. The molecule has 6 nitrogen and oxygen atoms in total. The van der Waals surface area contributed by atoms with Crippen LogP contribution in [0.1, 0.15) is 11.1 Å². The molecule has 2 aromatic carbocycles. The Labute approximate surface area is 176 Å². The van der Waals surface area contributed by atoms with Gasteiger partial charge in [0.1, 0.15) is 16.9 Å². The number of aromatic nitrogens is 1. The molecule has 4 rings (SSSR count). The van der Waals surface area contributed by atoms with Crippen molar-refractivity contribution in [2.45, 2.75) is 11.9 Å². The van der Waals surface area contributed by atoms with Crippen LogP contribution in [0.2, 0.25) is 0 Å². The average Bonchev–Trinajstić information content (AvgIpc) is 3.22. The summed E-state index contributed by atoms with van der Waals surface area (Å²) in [6.45, 7) is 1.90. The van der Waals surface area contributed by atoms with Gasteiger partial charge in [0.15, 0.2) is 11.5 Å². The molecule has 1 N–H and O–H groups in total. The normalized spacial score (nSPS) is 11.8. The van der Waals surface area contributed by atoms with Gasteiger partial charge >= 0.3 is 0 Å². The topological polar surface area (TPSA) is 84.2 Å². The maximum Gasteiger partial charge on any atom is 0.234 e. The zero-order valence-electron chi connectivity index (χ0n) is 15.9. The van der Waals surface area contributed by atoms with Crippen molar-refractivity contribution in [2.75, 3.05) is 17.9 Å². The van der Waals surface area contributed by atoms with E-state index in [9.17, 15) is 14.4 Å². The van der Waals surface area contributed by atoms with E-state index < -0.39 is 0 Å². The first-order valence-electron chi connectivity index (χ1n) is 9.03. The number of benzene rings is 2. The fourth-order valence-corrected chi connectivity index (χ4v) is 3.71. The van der Waals surface area contributed by atoms with E-state index in [1.54, 1.807) is 19.1 Å². The Bertz CT molecular complexity index is 1180. The van der Waals surface area contributed by atoms with Gasteiger partial charge in [0.05, 0.1) is 17.0 Å². The van der Waals surface area contributed by atoms with Crippen molar-refractivity contribution in [3.8, 4) is 28.8 Å². The number of carbonyl (C=O) groups excluding carboxylic acids is 1. The Morgan fingerprint density at radius 3 is 2.83 bits per heavy atom. The Morgan fingerprint density at radius 2 is 2.03 bits per heavy atom. The van der Waals surface area contributed by atoms with Crippen molar-refractivity contribution >= 4 is 23.4 Å². The van der Waals surface area contributed by atoms with Crippen molar-refractivity contribution in [3.63, 3.8) is 0 Å². The molecule has 0 fully saturated rings. The number of thioether (sulfide) groups is 1. The smallest absolute Gasteiger partial charge is 0.234 e. The molecule has 0 bridgehead atoms. The monoisotopic (exact) mass is 421 g/mol. The van der Waals surface area contributed by atoms with Crippen LogP contribution in [0.25, 0.3) is 11.3 Å². The number of aryl methyl sites for hydroxylation is 1. The van der Waals surface area contributed by atoms with E-state index in [-0.39, 0.29) is 24.3 Å². The Kier molecular flexibility index (Phi) is 5.55. The van der Waals surface area contributed by atoms with Gasteiger partial charge < -0.3 is 14.8 Å². The molecule has 8 heteroatoms. The number of nitrogens with zero attached hydrogens (tertiary/aromatic N) is 2. The number of anilines is 1. The standard InChI is InChI=1S/C22H16FN3O3S/c1-13-8-16(23)4-6-17(13)25-21(27)11-30-22-15(10-24)2-5-18(26-22)14-3-7-19-20(9-14)29-12-28-19/h2-9H,11-12H2,1H3,(H,25,27). The minimum Gasteiger partial charge on any atom is -0.454 e. The minimum atomic E-state index is -0.358. The second kappa shape index (κ2) is 8.43. The van der Waals surface area contributed by atoms with Crippen LogP contribution in [-0.4, -0.2) is 23.4 Å². The summed E-state index contributed by atoms with van der Waals surface area (Å²) >= 11 is 1.17. The number of hydrogen-bond acceptors (Lipinski definition) is 6. The average molecular weight is 421 g/mol. The van der Waals surface area contributed by atoms with Crippen molar-refractivity contribution in [1.82, 2.24) is 4.98 Å². The first-order chi connectivity index (χ1) is 14.5. The molecule has 1 aromatic heterocycles. The first kappa shape index (κ1) is 19.7. The highest BCUT2D eigenvalue weighted by Crippen LogP contribution is 2.36. The fourth-order valence-electron chi connectivity index (χ4n) is 2.94. The summed E-state index contributed by atoms with van der Waals surface area (Å²) in [5, 5.41) is 12.6. The van der Waals surface area contributed by atoms with Crippen LogP contribution in [0.4, 0.5) is 10.1 Å². The lowest BCUT2D eigenvalue weighted by atomic mass is 10.1. The number of fused-ring (bicyclic) bond motifs is 1. The fraction of sp³-hybridized carbons (Fsp3) is 0.136. The van der Waals surface area contributed by atoms with Crippen molar-refractivity contribution < 1.29 is 18.7 Å². The minimum absolute atomic E-state index is 0.0586. The van der Waals surface area contributed by atoms with E-state index in [4.69, 9.17) is 9.47 Å². The van der Waals surface area contributed by atoms with Gasteiger partial charge in [-0.15, -0.1) is 0 Å². The maximum absolute atomic E-state index is 13.2. The third-order valence-corrected chi connectivity index (χ3v) is 5.44. The number of nitrogens with one attached hydrogen (secondary N) is 1. The van der Waals surface area contributed by atoms with Gasteiger partial charge in [0.25, 0.3) is 0 Å². The zero-order valence-corrected chi connectivity index (χ0v) is 16.8. The molecule has 3 aromatic rings. The predicted molar refractivity (Wildman–Crippen MR) is 111 cm³/mol. The number of carbonyl (C=O) groups is 1. The molecule has 2 heterocycles. The number of pyridine rings is 1. The molecule has 1 amide bonds. The molecular weight excluding hydrogens is 405 g/mol. The van der Waals surface area contributed by atoms with Gasteiger partial charge in [-0.2, -0.15) is 5.26 Å². The SMILES string of the molecule is Cc1cc(F)ccc1NC(=O)CSc1nc(-c2ccc3c(c2)OCO3)ccc1C#N. The number of hydrogen-bond donors (Lipinski definition) is 1. The summed E-state index contributed by atoms with van der Waals surface area (Å²) in [5.41, 5.74) is 3.04. The first-order valence-corrected chi connectivity index (χ1v) is 10.0. The summed E-state index contributed by atoms with van der Waals surface area (Å²) in [5.74, 6) is 0.747. The molecule has 1 aliphatic heterocycles. The van der Waals surface area contributed by atoms with E-state index in [2.05, 4.69) is 16.4 Å². The molecule has 0 atom stereocenters. The van der Waals surface area contributed by atoms with Crippen LogP contribution < -0.4 is 14.8 Å². The number of nitriles is 1. The van der Waals surface area contributed by atoms with Crippen LogP contribution in [0.15, 0.2) is 53.6 Å². The highest BCUT2D eigenvalue weighted by atomic mass is 32.2. The van der Waals surface area contributed by atoms with E-state index in [1.165, 1.54) is 30.0 Å². The molecular formula is C22H16FN3O3S. The third-order valence-electron chi connectivity index (χ3n) is 4.45. The molecule has 0 saturated carbocycles. The number of amides is 1. The van der Waals surface area contributed by atoms with Crippen LogP contribution >= 0.6 is 11.8 Å². The molecule has 150 valence electrons. The number of ether oxygens (including phenoxy) is 2. The number of rotatable bonds is 5. The molecule has 0 aliphatic carbocycles. The van der Waals surface area contributed by atoms with E-state index in [0.717, 1.165) is 5.56 Å². The van der Waals surface area contributed by atoms with E-state index in [1.807, 2.05) is 18.2 Å². The van der Waals surface area contributed by atoms with Gasteiger partial charge in [0.2, 0.25) is 12.7 Å². The van der Waals surface area contributed by atoms with Crippen LogP contribution in [0, 0.1) is 24.1 Å². The van der Waals surface area contributed by atoms with Gasteiger partial charge in [-0.3, -0.25) is 4.79 Å². The second-order valence-electron chi connectivity index (χ2n) is 6.53. The summed E-state index contributed by atoms with van der Waals surface area (Å²) in [7, 11) is 0. The quantitative estimate of drug-likeness (QED) is 0.610. The molecule has 0 radical (unpaired) electrons. The van der Waals surface area contributed by atoms with Crippen LogP contribution in [0.5, 0.6) is 11.5 Å². The van der Waals surface area contributed by atoms with Gasteiger partial charge in [-0.05, 0) is 61.0 Å². The van der Waals surface area contributed by atoms with Crippen molar-refractivity contribution in [2.24, 2.45) is 0 Å². The lowest BCUT2D eigenvalue weighted by Gasteiger charge is -2.09. The molecule has 0 unspecified atom stereocenters. The van der Waals surface area contributed by atoms with E-state index >= 15 is 0 Å². The maximum atomic E-state index is 13.2. The second-order valence-corrected chi connectivity index (χ2v) is 7.49. The molecule has 1 aliphatic rings. The van der Waals surface area contributed by atoms with Gasteiger partial charge in [-0.25, -0.2) is 9.37 Å². The van der Waals surface area contributed by atoms with E-state index in [0.29, 0.717) is 39.0 Å². The van der Waals surface area contributed by atoms with Gasteiger partial charge in [-0.1, -0.05) is 11.8 Å². The Hall–Kier alpha value is -3.57. The molecule has 0 saturated heterocycles.